The molecule has 0 aliphatic carbocycles. The minimum absolute atomic E-state index is 0.0201. The number of nitriles is 1. The Balaban J connectivity index is 2.09. The molecule has 0 aliphatic heterocycles. The number of alkyl halides is 3. The van der Waals surface area contributed by atoms with Crippen LogP contribution in [0.1, 0.15) is 36.2 Å². The number of hydrogen-bond donors (Lipinski definition) is 2. The second kappa shape index (κ2) is 10.4. The maximum atomic E-state index is 14.6. The van der Waals surface area contributed by atoms with Gasteiger partial charge in [-0.2, -0.15) is 5.26 Å². The maximum absolute atomic E-state index is 14.6. The van der Waals surface area contributed by atoms with Crippen molar-refractivity contribution in [2.75, 3.05) is 6.61 Å². The monoisotopic (exact) mass is 451 g/mol. The van der Waals surface area contributed by atoms with Gasteiger partial charge in [-0.15, -0.1) is 13.2 Å². The molecule has 2 N–H and O–H groups in total. The van der Waals surface area contributed by atoms with E-state index in [0.717, 1.165) is 30.7 Å². The summed E-state index contributed by atoms with van der Waals surface area (Å²) in [5.41, 5.74) is -1.04. The fourth-order valence-corrected chi connectivity index (χ4v) is 2.80. The first-order valence-corrected chi connectivity index (χ1v) is 9.53. The van der Waals surface area contributed by atoms with Crippen molar-refractivity contribution in [2.24, 2.45) is 0 Å². The second-order valence-electron chi connectivity index (χ2n) is 7.09. The molecule has 0 spiro atoms. The van der Waals surface area contributed by atoms with Crippen molar-refractivity contribution in [3.63, 3.8) is 0 Å². The summed E-state index contributed by atoms with van der Waals surface area (Å²) < 4.78 is 60.5. The highest BCUT2D eigenvalue weighted by Gasteiger charge is 2.32. The Kier molecular flexibility index (Phi) is 8.11. The third-order valence-corrected chi connectivity index (χ3v) is 4.39. The normalized spacial score (nSPS) is 12.9. The Bertz CT molecular complexity index is 993. The lowest BCUT2D eigenvalue weighted by atomic mass is 9.82. The Hall–Kier alpha value is -3.26. The molecule has 0 saturated heterocycles. The van der Waals surface area contributed by atoms with Gasteiger partial charge in [-0.1, -0.05) is 19.4 Å². The van der Waals surface area contributed by atoms with E-state index in [4.69, 9.17) is 4.74 Å². The minimum Gasteiger partial charge on any atom is -0.487 e. The lowest BCUT2D eigenvalue weighted by Crippen LogP contribution is -2.49. The Morgan fingerprint density at radius 1 is 1.22 bits per heavy atom. The SMILES string of the molecule is CCCc1ccc(OCC(C)(C#N)NC(=O)c2ccc(OC(F)(F)F)cc2)c(F)c1[B]O. The number of aryl methyl sites for hydroxylation is 1. The van der Waals surface area contributed by atoms with Gasteiger partial charge in [0.15, 0.2) is 17.1 Å². The van der Waals surface area contributed by atoms with E-state index in [1.54, 1.807) is 6.07 Å². The Morgan fingerprint density at radius 3 is 2.41 bits per heavy atom. The molecular weight excluding hydrogens is 431 g/mol. The lowest BCUT2D eigenvalue weighted by Gasteiger charge is -2.24. The van der Waals surface area contributed by atoms with Crippen LogP contribution in [-0.4, -0.2) is 36.9 Å². The third-order valence-electron chi connectivity index (χ3n) is 4.39. The van der Waals surface area contributed by atoms with Crippen molar-refractivity contribution in [1.29, 1.82) is 5.26 Å². The van der Waals surface area contributed by atoms with Gasteiger partial charge in [0.05, 0.1) is 6.07 Å². The summed E-state index contributed by atoms with van der Waals surface area (Å²) >= 11 is 0. The number of hydrogen-bond acceptors (Lipinski definition) is 5. The largest absolute Gasteiger partial charge is 0.573 e. The first kappa shape index (κ1) is 25.0. The molecule has 0 bridgehead atoms. The molecule has 0 fully saturated rings. The fourth-order valence-electron chi connectivity index (χ4n) is 2.80. The number of nitrogens with one attached hydrogen (secondary N) is 1. The van der Waals surface area contributed by atoms with Gasteiger partial charge in [-0.25, -0.2) is 4.39 Å². The van der Waals surface area contributed by atoms with Crippen LogP contribution in [0.15, 0.2) is 36.4 Å². The fraction of sp³-hybridized carbons (Fsp3) is 0.333. The lowest BCUT2D eigenvalue weighted by molar-refractivity contribution is -0.274. The van der Waals surface area contributed by atoms with E-state index >= 15 is 0 Å². The first-order chi connectivity index (χ1) is 15.0. The second-order valence-corrected chi connectivity index (χ2v) is 7.09. The molecule has 1 atom stereocenters. The van der Waals surface area contributed by atoms with Crippen molar-refractivity contribution in [1.82, 2.24) is 5.32 Å². The van der Waals surface area contributed by atoms with Gasteiger partial charge in [0.1, 0.15) is 12.4 Å². The summed E-state index contributed by atoms with van der Waals surface area (Å²) in [6.07, 6.45) is -3.58. The molecule has 0 saturated carbocycles. The molecule has 2 aromatic carbocycles. The van der Waals surface area contributed by atoms with Gasteiger partial charge < -0.3 is 19.8 Å². The van der Waals surface area contributed by atoms with Crippen LogP contribution in [0.5, 0.6) is 11.5 Å². The maximum Gasteiger partial charge on any atom is 0.573 e. The van der Waals surface area contributed by atoms with Crippen LogP contribution in [-0.2, 0) is 6.42 Å². The number of carbonyl (C=O) groups is 1. The number of amides is 1. The summed E-state index contributed by atoms with van der Waals surface area (Å²) in [4.78, 5) is 12.4. The van der Waals surface area contributed by atoms with Crippen molar-refractivity contribution < 1.29 is 36.9 Å². The minimum atomic E-state index is -4.86. The van der Waals surface area contributed by atoms with E-state index in [0.29, 0.717) is 19.5 Å². The predicted octanol–water partition coefficient (Wildman–Crippen LogP) is 3.00. The van der Waals surface area contributed by atoms with Crippen LogP contribution in [0.3, 0.4) is 0 Å². The van der Waals surface area contributed by atoms with Crippen molar-refractivity contribution in [3.8, 4) is 17.6 Å². The number of benzene rings is 2. The summed E-state index contributed by atoms with van der Waals surface area (Å²) in [5, 5.41) is 21.2. The number of rotatable bonds is 9. The zero-order valence-electron chi connectivity index (χ0n) is 17.3. The average Bonchev–Trinajstić information content (AvgIpc) is 2.73. The summed E-state index contributed by atoms with van der Waals surface area (Å²) in [7, 11) is 0.643. The number of carbonyl (C=O) groups excluding carboxylic acids is 1. The van der Waals surface area contributed by atoms with Gasteiger partial charge in [0.2, 0.25) is 0 Å². The third kappa shape index (κ3) is 6.62. The van der Waals surface area contributed by atoms with Crippen LogP contribution in [0, 0.1) is 17.1 Å². The molecule has 1 radical (unpaired) electrons. The van der Waals surface area contributed by atoms with Crippen LogP contribution in [0.25, 0.3) is 0 Å². The standard InChI is InChI=1S/C21H20BF4N2O4/c1-3-4-13-7-10-16(18(23)17(13)22-30)31-12-20(2,11-27)28-19(29)14-5-8-15(9-6-14)32-21(24,25)26/h5-10,30H,3-4,12H2,1-2H3,(H,28,29). The van der Waals surface area contributed by atoms with E-state index in [1.807, 2.05) is 13.0 Å². The van der Waals surface area contributed by atoms with Gasteiger partial charge in [-0.05, 0) is 54.7 Å². The molecule has 6 nitrogen and oxygen atoms in total. The topological polar surface area (TPSA) is 91.6 Å². The molecular formula is C21H20BF4N2O4. The number of nitrogens with zero attached hydrogens (tertiary/aromatic N) is 1. The van der Waals surface area contributed by atoms with Crippen LogP contribution in [0.2, 0.25) is 0 Å². The van der Waals surface area contributed by atoms with Crippen molar-refractivity contribution >= 4 is 18.9 Å². The van der Waals surface area contributed by atoms with Gasteiger partial charge in [0.25, 0.3) is 5.91 Å². The van der Waals surface area contributed by atoms with E-state index < -0.39 is 36.0 Å². The molecule has 0 heterocycles. The highest BCUT2D eigenvalue weighted by atomic mass is 19.4. The highest BCUT2D eigenvalue weighted by Crippen LogP contribution is 2.23. The molecule has 0 aliphatic rings. The zero-order chi connectivity index (χ0) is 23.9. The zero-order valence-corrected chi connectivity index (χ0v) is 17.3. The quantitative estimate of drug-likeness (QED) is 0.452. The summed E-state index contributed by atoms with van der Waals surface area (Å²) in [6, 6.07) is 8.95. The van der Waals surface area contributed by atoms with E-state index in [1.165, 1.54) is 13.0 Å². The first-order valence-electron chi connectivity index (χ1n) is 9.53. The van der Waals surface area contributed by atoms with Crippen molar-refractivity contribution in [3.05, 3.63) is 53.3 Å². The van der Waals surface area contributed by atoms with Gasteiger partial charge in [0, 0.05) is 5.56 Å². The van der Waals surface area contributed by atoms with Gasteiger partial charge >= 0.3 is 13.8 Å². The predicted molar refractivity (Wildman–Crippen MR) is 108 cm³/mol. The van der Waals surface area contributed by atoms with Crippen molar-refractivity contribution in [2.45, 2.75) is 38.6 Å². The average molecular weight is 451 g/mol. The highest BCUT2D eigenvalue weighted by molar-refractivity contribution is 6.46. The molecule has 2 aromatic rings. The van der Waals surface area contributed by atoms with E-state index in [9.17, 15) is 32.6 Å². The molecule has 1 unspecified atom stereocenters. The summed E-state index contributed by atoms with van der Waals surface area (Å²) in [5.74, 6) is -2.27. The van der Waals surface area contributed by atoms with Crippen LogP contribution < -0.4 is 20.3 Å². The number of ether oxygens (including phenoxy) is 2. The molecule has 0 aromatic heterocycles. The van der Waals surface area contributed by atoms with Crippen LogP contribution in [0.4, 0.5) is 17.6 Å². The van der Waals surface area contributed by atoms with Crippen LogP contribution >= 0.6 is 0 Å². The molecule has 169 valence electrons. The Labute approximate surface area is 183 Å². The smallest absolute Gasteiger partial charge is 0.487 e. The van der Waals surface area contributed by atoms with E-state index in [2.05, 4.69) is 10.1 Å². The molecule has 11 heteroatoms. The molecule has 32 heavy (non-hydrogen) atoms. The van der Waals surface area contributed by atoms with Gasteiger partial charge in [-0.3, -0.25) is 4.79 Å². The molecule has 1 amide bonds. The Morgan fingerprint density at radius 2 is 1.88 bits per heavy atom. The number of halogens is 4. The summed E-state index contributed by atoms with van der Waals surface area (Å²) in [6.45, 7) is 2.81. The van der Waals surface area contributed by atoms with E-state index in [-0.39, 0.29) is 16.8 Å². The molecule has 2 rings (SSSR count).